The van der Waals surface area contributed by atoms with Gasteiger partial charge >= 0.3 is 0 Å². The molecule has 6 nitrogen and oxygen atoms in total. The van der Waals surface area contributed by atoms with E-state index in [1.807, 2.05) is 29.6 Å². The van der Waals surface area contributed by atoms with E-state index >= 15 is 0 Å². The molecule has 1 aromatic carbocycles. The van der Waals surface area contributed by atoms with E-state index in [1.165, 1.54) is 18.5 Å². The van der Waals surface area contributed by atoms with Crippen LogP contribution in [0.3, 0.4) is 0 Å². The van der Waals surface area contributed by atoms with Gasteiger partial charge < -0.3 is 14.6 Å². The van der Waals surface area contributed by atoms with Crippen molar-refractivity contribution in [2.75, 3.05) is 23.3 Å². The van der Waals surface area contributed by atoms with Gasteiger partial charge in [-0.25, -0.2) is 0 Å². The average Bonchev–Trinajstić information content (AvgIpc) is 3.39. The molecule has 1 N–H and O–H groups in total. The van der Waals surface area contributed by atoms with Crippen LogP contribution >= 0.6 is 11.3 Å². The van der Waals surface area contributed by atoms with Crippen molar-refractivity contribution in [3.63, 3.8) is 0 Å². The van der Waals surface area contributed by atoms with Gasteiger partial charge in [0.05, 0.1) is 4.88 Å². The maximum absolute atomic E-state index is 12.2. The number of benzene rings is 1. The molecule has 146 valence electrons. The second-order valence-corrected chi connectivity index (χ2v) is 8.19. The minimum atomic E-state index is -0.0598. The number of thiophene rings is 1. The van der Waals surface area contributed by atoms with Gasteiger partial charge in [0.2, 0.25) is 11.8 Å². The maximum Gasteiger partial charge on any atom is 0.257 e. The van der Waals surface area contributed by atoms with E-state index in [2.05, 4.69) is 39.5 Å². The van der Waals surface area contributed by atoms with Gasteiger partial charge in [0, 0.05) is 37.3 Å². The molecule has 1 aliphatic rings. The van der Waals surface area contributed by atoms with Crippen molar-refractivity contribution in [1.82, 2.24) is 10.2 Å². The Morgan fingerprint density at radius 3 is 2.71 bits per heavy atom. The molecule has 3 aromatic rings. The van der Waals surface area contributed by atoms with Crippen LogP contribution in [0.25, 0.3) is 10.8 Å². The summed E-state index contributed by atoms with van der Waals surface area (Å²) in [6.07, 6.45) is 3.21. The summed E-state index contributed by atoms with van der Waals surface area (Å²) in [5.74, 6) is 1.74. The third-order valence-corrected chi connectivity index (χ3v) is 5.92. The molecule has 0 spiro atoms. The molecule has 0 saturated carbocycles. The molecular formula is C21H24N4O2S. The minimum absolute atomic E-state index is 0.0598. The molecule has 7 heteroatoms. The summed E-state index contributed by atoms with van der Waals surface area (Å²) < 4.78 is 5.62. The predicted octanol–water partition coefficient (Wildman–Crippen LogP) is 4.61. The maximum atomic E-state index is 12.2. The Bertz CT molecular complexity index is 897. The van der Waals surface area contributed by atoms with Gasteiger partial charge in [0.25, 0.3) is 5.89 Å². The molecule has 0 bridgehead atoms. The zero-order chi connectivity index (χ0) is 19.3. The van der Waals surface area contributed by atoms with E-state index < -0.39 is 0 Å². The number of hydrogen-bond donors (Lipinski definition) is 1. The summed E-state index contributed by atoms with van der Waals surface area (Å²) in [5.41, 5.74) is 2.03. The fourth-order valence-electron chi connectivity index (χ4n) is 3.32. The summed E-state index contributed by atoms with van der Waals surface area (Å²) in [4.78, 5) is 15.6. The van der Waals surface area contributed by atoms with Crippen LogP contribution in [0.4, 0.5) is 11.4 Å². The summed E-state index contributed by atoms with van der Waals surface area (Å²) in [6.45, 7) is 4.52. The van der Waals surface area contributed by atoms with Crippen LogP contribution < -0.4 is 10.2 Å². The molecule has 1 fully saturated rings. The second-order valence-electron chi connectivity index (χ2n) is 7.24. The number of piperidine rings is 1. The molecule has 3 heterocycles. The van der Waals surface area contributed by atoms with Gasteiger partial charge in [-0.15, -0.1) is 21.5 Å². The largest absolute Gasteiger partial charge is 0.420 e. The number of rotatable bonds is 6. The molecule has 1 saturated heterocycles. The highest BCUT2D eigenvalue weighted by Gasteiger charge is 2.16. The van der Waals surface area contributed by atoms with Crippen molar-refractivity contribution in [1.29, 1.82) is 0 Å². The number of aromatic nitrogens is 2. The van der Waals surface area contributed by atoms with Gasteiger partial charge in [0.15, 0.2) is 0 Å². The van der Waals surface area contributed by atoms with Crippen LogP contribution in [-0.2, 0) is 11.2 Å². The topological polar surface area (TPSA) is 71.3 Å². The summed E-state index contributed by atoms with van der Waals surface area (Å²) in [5, 5.41) is 13.0. The van der Waals surface area contributed by atoms with Crippen LogP contribution in [0.5, 0.6) is 0 Å². The lowest BCUT2D eigenvalue weighted by Gasteiger charge is -2.32. The monoisotopic (exact) mass is 396 g/mol. The van der Waals surface area contributed by atoms with Gasteiger partial charge in [-0.1, -0.05) is 13.0 Å². The number of carbonyl (C=O) groups excluding carboxylic acids is 1. The van der Waals surface area contributed by atoms with Crippen LogP contribution in [0.2, 0.25) is 0 Å². The van der Waals surface area contributed by atoms with E-state index in [-0.39, 0.29) is 5.91 Å². The molecule has 1 aliphatic heterocycles. The first kappa shape index (κ1) is 18.7. The first-order valence-corrected chi connectivity index (χ1v) is 10.6. The fraction of sp³-hybridized carbons (Fsp3) is 0.381. The molecule has 28 heavy (non-hydrogen) atoms. The second kappa shape index (κ2) is 8.56. The molecule has 0 unspecified atom stereocenters. The van der Waals surface area contributed by atoms with E-state index in [4.69, 9.17) is 4.42 Å². The quantitative estimate of drug-likeness (QED) is 0.659. The fourth-order valence-corrected chi connectivity index (χ4v) is 3.96. The predicted molar refractivity (Wildman–Crippen MR) is 112 cm³/mol. The molecule has 1 amide bonds. The standard InChI is InChI=1S/C21H24N4O2S/c1-15-10-12-25(13-11-15)17-6-4-16(5-7-17)22-19(26)8-9-20-23-24-21(27-20)18-3-2-14-28-18/h2-7,14-15H,8-13H2,1H3,(H,22,26). The first-order valence-electron chi connectivity index (χ1n) is 9.68. The van der Waals surface area contributed by atoms with Gasteiger partial charge in [-0.3, -0.25) is 4.79 Å². The zero-order valence-corrected chi connectivity index (χ0v) is 16.7. The molecule has 4 rings (SSSR count). The van der Waals surface area contributed by atoms with Crippen molar-refractivity contribution < 1.29 is 9.21 Å². The average molecular weight is 397 g/mol. The smallest absolute Gasteiger partial charge is 0.257 e. The highest BCUT2D eigenvalue weighted by atomic mass is 32.1. The minimum Gasteiger partial charge on any atom is -0.420 e. The normalized spacial score (nSPS) is 15.0. The highest BCUT2D eigenvalue weighted by Crippen LogP contribution is 2.25. The Labute approximate surface area is 168 Å². The Hall–Kier alpha value is -2.67. The van der Waals surface area contributed by atoms with Crippen LogP contribution in [-0.4, -0.2) is 29.2 Å². The SMILES string of the molecule is CC1CCN(c2ccc(NC(=O)CCc3nnc(-c4cccs4)o3)cc2)CC1. The first-order chi connectivity index (χ1) is 13.7. The lowest BCUT2D eigenvalue weighted by atomic mass is 9.99. The lowest BCUT2D eigenvalue weighted by molar-refractivity contribution is -0.116. The van der Waals surface area contributed by atoms with Crippen LogP contribution in [0.1, 0.15) is 32.1 Å². The number of amides is 1. The van der Waals surface area contributed by atoms with Crippen LogP contribution in [0.15, 0.2) is 46.2 Å². The number of aryl methyl sites for hydroxylation is 1. The number of anilines is 2. The van der Waals surface area contributed by atoms with E-state index in [1.54, 1.807) is 11.3 Å². The third kappa shape index (κ3) is 4.59. The van der Waals surface area contributed by atoms with Crippen LogP contribution in [0, 0.1) is 5.92 Å². The Morgan fingerprint density at radius 2 is 2.00 bits per heavy atom. The van der Waals surface area contributed by atoms with Gasteiger partial charge in [-0.05, 0) is 54.5 Å². The van der Waals surface area contributed by atoms with Gasteiger partial charge in [-0.2, -0.15) is 0 Å². The summed E-state index contributed by atoms with van der Waals surface area (Å²) in [7, 11) is 0. The highest BCUT2D eigenvalue weighted by molar-refractivity contribution is 7.13. The summed E-state index contributed by atoms with van der Waals surface area (Å²) >= 11 is 1.55. The molecule has 0 aliphatic carbocycles. The lowest BCUT2D eigenvalue weighted by Crippen LogP contribution is -2.32. The van der Waals surface area contributed by atoms with E-state index in [0.29, 0.717) is 24.6 Å². The zero-order valence-electron chi connectivity index (χ0n) is 15.9. The Balaban J connectivity index is 1.27. The van der Waals surface area contributed by atoms with Crippen molar-refractivity contribution in [2.45, 2.75) is 32.6 Å². The molecular weight excluding hydrogens is 372 g/mol. The summed E-state index contributed by atoms with van der Waals surface area (Å²) in [6, 6.07) is 12.0. The van der Waals surface area contributed by atoms with Crippen molar-refractivity contribution in [2.24, 2.45) is 5.92 Å². The van der Waals surface area contributed by atoms with E-state index in [0.717, 1.165) is 29.6 Å². The number of nitrogens with one attached hydrogen (secondary N) is 1. The van der Waals surface area contributed by atoms with Crippen molar-refractivity contribution in [3.05, 3.63) is 47.7 Å². The van der Waals surface area contributed by atoms with Gasteiger partial charge in [0.1, 0.15) is 0 Å². The number of hydrogen-bond acceptors (Lipinski definition) is 6. The molecule has 2 aromatic heterocycles. The van der Waals surface area contributed by atoms with Crippen molar-refractivity contribution in [3.8, 4) is 10.8 Å². The number of carbonyl (C=O) groups is 1. The Kier molecular flexibility index (Phi) is 5.71. The Morgan fingerprint density at radius 1 is 1.21 bits per heavy atom. The molecule has 0 atom stereocenters. The third-order valence-electron chi connectivity index (χ3n) is 5.06. The number of nitrogens with zero attached hydrogens (tertiary/aromatic N) is 3. The van der Waals surface area contributed by atoms with Crippen molar-refractivity contribution >= 4 is 28.6 Å². The van der Waals surface area contributed by atoms with E-state index in [9.17, 15) is 4.79 Å². The molecule has 0 radical (unpaired) electrons.